The maximum atomic E-state index is 12.8. The zero-order chi connectivity index (χ0) is 19.4. The van der Waals surface area contributed by atoms with E-state index in [1.54, 1.807) is 13.8 Å². The van der Waals surface area contributed by atoms with E-state index in [-0.39, 0.29) is 18.7 Å². The van der Waals surface area contributed by atoms with E-state index in [0.29, 0.717) is 25.7 Å². The summed E-state index contributed by atoms with van der Waals surface area (Å²) >= 11 is 0. The molecule has 0 bridgehead atoms. The van der Waals surface area contributed by atoms with Gasteiger partial charge in [-0.25, -0.2) is 4.79 Å². The number of rotatable bonds is 12. The van der Waals surface area contributed by atoms with Crippen LogP contribution in [0.2, 0.25) is 0 Å². The highest BCUT2D eigenvalue weighted by molar-refractivity contribution is 7.53. The zero-order valence-electron chi connectivity index (χ0n) is 16.3. The molecule has 1 N–H and O–H groups in total. The molecule has 0 radical (unpaired) electrons. The average molecular weight is 385 g/mol. The van der Waals surface area contributed by atoms with E-state index >= 15 is 0 Å². The molecule has 0 aliphatic carbocycles. The van der Waals surface area contributed by atoms with Gasteiger partial charge in [0, 0.05) is 6.54 Å². The van der Waals surface area contributed by atoms with Gasteiger partial charge in [0.05, 0.1) is 19.4 Å². The van der Waals surface area contributed by atoms with Crippen LogP contribution in [0.15, 0.2) is 30.3 Å². The highest BCUT2D eigenvalue weighted by Crippen LogP contribution is 2.50. The summed E-state index contributed by atoms with van der Waals surface area (Å²) in [5.41, 5.74) is 0.929. The fourth-order valence-corrected chi connectivity index (χ4v) is 4.73. The molecule has 26 heavy (non-hydrogen) atoms. The Morgan fingerprint density at radius 3 is 2.27 bits per heavy atom. The Morgan fingerprint density at radius 2 is 1.73 bits per heavy atom. The quantitative estimate of drug-likeness (QED) is 0.521. The Labute approximate surface area is 157 Å². The lowest BCUT2D eigenvalue weighted by Gasteiger charge is -2.24. The monoisotopic (exact) mass is 385 g/mol. The first kappa shape index (κ1) is 22.7. The van der Waals surface area contributed by atoms with E-state index in [9.17, 15) is 9.36 Å². The minimum Gasteiger partial charge on any atom is -0.445 e. The topological polar surface area (TPSA) is 73.9 Å². The second-order valence-corrected chi connectivity index (χ2v) is 8.67. The molecular weight excluding hydrogens is 353 g/mol. The van der Waals surface area contributed by atoms with Crippen LogP contribution in [0.3, 0.4) is 0 Å². The molecule has 1 unspecified atom stereocenters. The van der Waals surface area contributed by atoms with Crippen LogP contribution >= 0.6 is 7.60 Å². The summed E-state index contributed by atoms with van der Waals surface area (Å²) in [6.45, 7) is 9.02. The van der Waals surface area contributed by atoms with Crippen molar-refractivity contribution in [2.75, 3.05) is 25.9 Å². The highest BCUT2D eigenvalue weighted by Gasteiger charge is 2.29. The fraction of sp³-hybridized carbons (Fsp3) is 0.632. The highest BCUT2D eigenvalue weighted by atomic mass is 31.2. The van der Waals surface area contributed by atoms with Crippen LogP contribution in [0, 0.1) is 11.8 Å². The van der Waals surface area contributed by atoms with Gasteiger partial charge in [-0.15, -0.1) is 0 Å². The maximum absolute atomic E-state index is 12.8. The molecule has 0 aromatic heterocycles. The van der Waals surface area contributed by atoms with E-state index < -0.39 is 13.7 Å². The van der Waals surface area contributed by atoms with Gasteiger partial charge in [0.2, 0.25) is 0 Å². The van der Waals surface area contributed by atoms with E-state index in [4.69, 9.17) is 13.8 Å². The summed E-state index contributed by atoms with van der Waals surface area (Å²) < 4.78 is 28.8. The molecule has 148 valence electrons. The van der Waals surface area contributed by atoms with Crippen molar-refractivity contribution in [2.24, 2.45) is 11.8 Å². The van der Waals surface area contributed by atoms with E-state index in [1.165, 1.54) is 0 Å². The lowest BCUT2D eigenvalue weighted by Crippen LogP contribution is -2.32. The van der Waals surface area contributed by atoms with E-state index in [0.717, 1.165) is 12.0 Å². The first-order valence-electron chi connectivity index (χ1n) is 9.21. The van der Waals surface area contributed by atoms with Gasteiger partial charge in [-0.05, 0) is 37.7 Å². The van der Waals surface area contributed by atoms with Crippen molar-refractivity contribution in [1.82, 2.24) is 5.32 Å². The van der Waals surface area contributed by atoms with E-state index in [1.807, 2.05) is 30.3 Å². The van der Waals surface area contributed by atoms with Crippen molar-refractivity contribution in [3.05, 3.63) is 35.9 Å². The Morgan fingerprint density at radius 1 is 1.12 bits per heavy atom. The number of hydrogen-bond acceptors (Lipinski definition) is 5. The second-order valence-electron chi connectivity index (χ2n) is 6.57. The van der Waals surface area contributed by atoms with Gasteiger partial charge < -0.3 is 19.1 Å². The van der Waals surface area contributed by atoms with Crippen LogP contribution in [0.4, 0.5) is 4.79 Å². The molecule has 7 heteroatoms. The Kier molecular flexibility index (Phi) is 10.6. The lowest BCUT2D eigenvalue weighted by molar-refractivity contribution is 0.137. The number of hydrogen-bond donors (Lipinski definition) is 1. The van der Waals surface area contributed by atoms with Gasteiger partial charge in [0.1, 0.15) is 6.61 Å². The number of alkyl carbamates (subject to hydrolysis) is 1. The van der Waals surface area contributed by atoms with Crippen LogP contribution in [-0.2, 0) is 25.0 Å². The van der Waals surface area contributed by atoms with Gasteiger partial charge in [0.15, 0.2) is 0 Å². The third-order valence-electron chi connectivity index (χ3n) is 3.69. The van der Waals surface area contributed by atoms with Gasteiger partial charge >= 0.3 is 13.7 Å². The van der Waals surface area contributed by atoms with E-state index in [2.05, 4.69) is 19.2 Å². The molecule has 0 aliphatic rings. The van der Waals surface area contributed by atoms with Crippen molar-refractivity contribution >= 4 is 13.7 Å². The fourth-order valence-electron chi connectivity index (χ4n) is 2.74. The molecule has 6 nitrogen and oxygen atoms in total. The van der Waals surface area contributed by atoms with Crippen LogP contribution in [-0.4, -0.2) is 32.0 Å². The zero-order valence-corrected chi connectivity index (χ0v) is 17.2. The first-order chi connectivity index (χ1) is 12.4. The summed E-state index contributed by atoms with van der Waals surface area (Å²) in [6, 6.07) is 9.50. The van der Waals surface area contributed by atoms with Gasteiger partial charge in [0.25, 0.3) is 0 Å². The van der Waals surface area contributed by atoms with Crippen LogP contribution in [0.1, 0.15) is 39.7 Å². The molecule has 0 aliphatic heterocycles. The SMILES string of the molecule is CCOP(=O)(CC(CNC(=O)OCc1ccccc1)CC(C)C)OCC. The van der Waals surface area contributed by atoms with Gasteiger partial charge in [-0.2, -0.15) is 0 Å². The smallest absolute Gasteiger partial charge is 0.407 e. The van der Waals surface area contributed by atoms with Crippen LogP contribution < -0.4 is 5.32 Å². The minimum absolute atomic E-state index is 0.0109. The largest absolute Gasteiger partial charge is 0.445 e. The van der Waals surface area contributed by atoms with Crippen molar-refractivity contribution in [2.45, 2.75) is 40.7 Å². The third kappa shape index (κ3) is 9.37. The summed E-state index contributed by atoms with van der Waals surface area (Å²) in [4.78, 5) is 12.0. The molecule has 0 saturated heterocycles. The lowest BCUT2D eigenvalue weighted by atomic mass is 9.99. The molecule has 1 rings (SSSR count). The number of amides is 1. The number of carbonyl (C=O) groups excluding carboxylic acids is 1. The van der Waals surface area contributed by atoms with Crippen LogP contribution in [0.25, 0.3) is 0 Å². The Balaban J connectivity index is 2.55. The molecule has 0 heterocycles. The van der Waals surface area contributed by atoms with Gasteiger partial charge in [-0.1, -0.05) is 44.2 Å². The average Bonchev–Trinajstić information content (AvgIpc) is 2.58. The first-order valence-corrected chi connectivity index (χ1v) is 10.9. The van der Waals surface area contributed by atoms with Gasteiger partial charge in [-0.3, -0.25) is 4.57 Å². The maximum Gasteiger partial charge on any atom is 0.407 e. The predicted molar refractivity (Wildman–Crippen MR) is 103 cm³/mol. The second kappa shape index (κ2) is 12.1. The Hall–Kier alpha value is -1.36. The number of nitrogens with one attached hydrogen (secondary N) is 1. The van der Waals surface area contributed by atoms with Crippen molar-refractivity contribution in [3.63, 3.8) is 0 Å². The molecule has 1 atom stereocenters. The number of carbonyl (C=O) groups is 1. The van der Waals surface area contributed by atoms with Crippen molar-refractivity contribution < 1.29 is 23.1 Å². The summed E-state index contributed by atoms with van der Waals surface area (Å²) in [5, 5.41) is 2.77. The molecule has 1 aromatic carbocycles. The molecule has 0 spiro atoms. The minimum atomic E-state index is -3.15. The number of benzene rings is 1. The van der Waals surface area contributed by atoms with Crippen molar-refractivity contribution in [1.29, 1.82) is 0 Å². The molecule has 0 saturated carbocycles. The summed E-state index contributed by atoms with van der Waals surface area (Å²) in [5.74, 6) is 0.391. The Bertz CT molecular complexity index is 554. The van der Waals surface area contributed by atoms with Crippen LogP contribution in [0.5, 0.6) is 0 Å². The molecule has 0 fully saturated rings. The predicted octanol–water partition coefficient (Wildman–Crippen LogP) is 4.84. The molecule has 1 amide bonds. The number of ether oxygens (including phenoxy) is 1. The molecule has 1 aromatic rings. The third-order valence-corrected chi connectivity index (χ3v) is 5.95. The summed E-state index contributed by atoms with van der Waals surface area (Å²) in [7, 11) is -3.15. The van der Waals surface area contributed by atoms with Crippen molar-refractivity contribution in [3.8, 4) is 0 Å². The summed E-state index contributed by atoms with van der Waals surface area (Å²) in [6.07, 6.45) is 0.611. The molecular formula is C19H32NO5P. The normalized spacial score (nSPS) is 12.8. The standard InChI is InChI=1S/C19H32NO5P/c1-5-24-26(22,25-6-2)15-18(12-16(3)4)13-20-19(21)23-14-17-10-8-7-9-11-17/h7-11,16,18H,5-6,12-15H2,1-4H3,(H,20,21).